The maximum atomic E-state index is 13.1. The number of carbonyl (C=O) groups is 2. The van der Waals surface area contributed by atoms with Gasteiger partial charge in [0.1, 0.15) is 17.0 Å². The molecule has 0 aliphatic rings. The first-order valence-corrected chi connectivity index (χ1v) is 10.0. The zero-order valence-electron chi connectivity index (χ0n) is 17.1. The minimum Gasteiger partial charge on any atom is -0.495 e. The van der Waals surface area contributed by atoms with E-state index >= 15 is 0 Å². The predicted molar refractivity (Wildman–Crippen MR) is 117 cm³/mol. The maximum absolute atomic E-state index is 13.1. The number of methoxy groups -OCH3 is 1. The Balaban J connectivity index is 1.94. The van der Waals surface area contributed by atoms with Crippen LogP contribution in [0.4, 0.5) is 11.4 Å². The van der Waals surface area contributed by atoms with Gasteiger partial charge in [-0.25, -0.2) is 4.68 Å². The molecule has 30 heavy (non-hydrogen) atoms. The van der Waals surface area contributed by atoms with Gasteiger partial charge >= 0.3 is 0 Å². The molecule has 2 aromatic heterocycles. The number of thiophene rings is 1. The summed E-state index contributed by atoms with van der Waals surface area (Å²) in [7, 11) is 1.48. The van der Waals surface area contributed by atoms with Crippen molar-refractivity contribution in [2.45, 2.75) is 26.3 Å². The van der Waals surface area contributed by atoms with Gasteiger partial charge in [-0.15, -0.1) is 11.3 Å². The Bertz CT molecular complexity index is 1140. The molecule has 0 saturated heterocycles. The summed E-state index contributed by atoms with van der Waals surface area (Å²) in [6, 6.07) is 11.7. The van der Waals surface area contributed by atoms with Crippen molar-refractivity contribution in [3.05, 3.63) is 58.2 Å². The molecule has 1 aromatic carbocycles. The van der Waals surface area contributed by atoms with Crippen LogP contribution >= 0.6 is 11.3 Å². The summed E-state index contributed by atoms with van der Waals surface area (Å²) in [5, 5.41) is 11.8. The van der Waals surface area contributed by atoms with Gasteiger partial charge in [0.15, 0.2) is 0 Å². The van der Waals surface area contributed by atoms with Gasteiger partial charge in [0.25, 0.3) is 11.5 Å². The molecule has 8 nitrogen and oxygen atoms in total. The van der Waals surface area contributed by atoms with Crippen LogP contribution in [0.25, 0.3) is 10.6 Å². The van der Waals surface area contributed by atoms with E-state index in [9.17, 15) is 14.4 Å². The second-order valence-electron chi connectivity index (χ2n) is 7.06. The molecule has 0 spiro atoms. The van der Waals surface area contributed by atoms with Crippen LogP contribution in [-0.2, 0) is 15.1 Å². The fraction of sp³-hybridized carbons (Fsp3) is 0.238. The molecule has 0 saturated carbocycles. The van der Waals surface area contributed by atoms with E-state index in [1.54, 1.807) is 38.1 Å². The van der Waals surface area contributed by atoms with Crippen LogP contribution in [-0.4, -0.2) is 28.7 Å². The van der Waals surface area contributed by atoms with Gasteiger partial charge in [0.2, 0.25) is 5.91 Å². The average Bonchev–Trinajstić information content (AvgIpc) is 3.22. The van der Waals surface area contributed by atoms with Crippen molar-refractivity contribution in [1.29, 1.82) is 0 Å². The van der Waals surface area contributed by atoms with Crippen molar-refractivity contribution in [3.8, 4) is 16.3 Å². The van der Waals surface area contributed by atoms with E-state index in [-0.39, 0.29) is 5.91 Å². The van der Waals surface area contributed by atoms with E-state index < -0.39 is 17.0 Å². The van der Waals surface area contributed by atoms with Crippen molar-refractivity contribution in [3.63, 3.8) is 0 Å². The van der Waals surface area contributed by atoms with Crippen LogP contribution < -0.4 is 20.9 Å². The van der Waals surface area contributed by atoms with Crippen molar-refractivity contribution in [2.75, 3.05) is 17.7 Å². The van der Waals surface area contributed by atoms with Crippen molar-refractivity contribution >= 4 is 34.5 Å². The van der Waals surface area contributed by atoms with E-state index in [0.717, 1.165) is 4.88 Å². The van der Waals surface area contributed by atoms with Gasteiger partial charge in [0.05, 0.1) is 17.7 Å². The smallest absolute Gasteiger partial charge is 0.267 e. The summed E-state index contributed by atoms with van der Waals surface area (Å²) in [6.07, 6.45) is 0. The topological polar surface area (TPSA) is 102 Å². The lowest BCUT2D eigenvalue weighted by Gasteiger charge is -2.26. The third-order valence-corrected chi connectivity index (χ3v) is 5.32. The van der Waals surface area contributed by atoms with E-state index in [4.69, 9.17) is 4.74 Å². The molecule has 9 heteroatoms. The van der Waals surface area contributed by atoms with Gasteiger partial charge < -0.3 is 15.4 Å². The van der Waals surface area contributed by atoms with Crippen LogP contribution in [0.15, 0.2) is 52.6 Å². The quantitative estimate of drug-likeness (QED) is 0.630. The number of benzene rings is 1. The Kier molecular flexibility index (Phi) is 6.02. The van der Waals surface area contributed by atoms with Gasteiger partial charge in [-0.3, -0.25) is 14.4 Å². The molecule has 0 unspecified atom stereocenters. The second kappa shape index (κ2) is 8.50. The molecule has 0 fully saturated rings. The van der Waals surface area contributed by atoms with Crippen molar-refractivity contribution in [1.82, 2.24) is 9.78 Å². The zero-order chi connectivity index (χ0) is 21.9. The number of aromatic nitrogens is 2. The first-order valence-electron chi connectivity index (χ1n) is 9.14. The lowest BCUT2D eigenvalue weighted by Crippen LogP contribution is -2.47. The Morgan fingerprint density at radius 1 is 1.13 bits per heavy atom. The van der Waals surface area contributed by atoms with Gasteiger partial charge in [0, 0.05) is 18.7 Å². The van der Waals surface area contributed by atoms with Crippen LogP contribution in [0.2, 0.25) is 0 Å². The second-order valence-corrected chi connectivity index (χ2v) is 8.00. The van der Waals surface area contributed by atoms with E-state index in [1.165, 1.54) is 36.1 Å². The molecule has 2 heterocycles. The largest absolute Gasteiger partial charge is 0.495 e. The highest BCUT2D eigenvalue weighted by Crippen LogP contribution is 2.29. The third-order valence-electron chi connectivity index (χ3n) is 4.43. The van der Waals surface area contributed by atoms with Gasteiger partial charge in [-0.2, -0.15) is 5.10 Å². The van der Waals surface area contributed by atoms with Gasteiger partial charge in [-0.05, 0) is 49.6 Å². The molecule has 0 atom stereocenters. The van der Waals surface area contributed by atoms with E-state index in [2.05, 4.69) is 15.7 Å². The molecule has 156 valence electrons. The van der Waals surface area contributed by atoms with Gasteiger partial charge in [-0.1, -0.05) is 6.07 Å². The Morgan fingerprint density at radius 3 is 2.53 bits per heavy atom. The number of anilines is 2. The fourth-order valence-electron chi connectivity index (χ4n) is 2.83. The molecule has 0 bridgehead atoms. The molecular formula is C21H22N4O4S. The number of amides is 2. The molecule has 3 aromatic rings. The van der Waals surface area contributed by atoms with Crippen LogP contribution in [0.3, 0.4) is 0 Å². The van der Waals surface area contributed by atoms with Crippen LogP contribution in [0, 0.1) is 0 Å². The first kappa shape index (κ1) is 21.3. The normalized spacial score (nSPS) is 11.1. The molecule has 0 aliphatic carbocycles. The van der Waals surface area contributed by atoms with Crippen molar-refractivity contribution in [2.24, 2.45) is 0 Å². The van der Waals surface area contributed by atoms with E-state index in [0.29, 0.717) is 22.8 Å². The minimum atomic E-state index is -1.29. The Morgan fingerprint density at radius 2 is 1.90 bits per heavy atom. The first-order chi connectivity index (χ1) is 14.2. The third kappa shape index (κ3) is 4.41. The summed E-state index contributed by atoms with van der Waals surface area (Å²) in [5.41, 5.74) is -0.208. The fourth-order valence-corrected chi connectivity index (χ4v) is 3.52. The number of hydrogen-bond donors (Lipinski definition) is 2. The highest BCUT2D eigenvalue weighted by atomic mass is 32.1. The summed E-state index contributed by atoms with van der Waals surface area (Å²) < 4.78 is 6.47. The molecule has 0 radical (unpaired) electrons. The molecule has 2 N–H and O–H groups in total. The number of ether oxygens (including phenoxy) is 1. The predicted octanol–water partition coefficient (Wildman–Crippen LogP) is 3.31. The summed E-state index contributed by atoms with van der Waals surface area (Å²) in [6.45, 7) is 4.61. The summed E-state index contributed by atoms with van der Waals surface area (Å²) >= 11 is 1.49. The SMILES string of the molecule is COc1ccc(NC(C)=O)cc1NC(=O)C(C)(C)n1nc(-c2cccs2)ccc1=O. The van der Waals surface area contributed by atoms with Crippen LogP contribution in [0.1, 0.15) is 20.8 Å². The van der Waals surface area contributed by atoms with E-state index in [1.807, 2.05) is 17.5 Å². The van der Waals surface area contributed by atoms with Crippen LogP contribution in [0.5, 0.6) is 5.75 Å². The number of hydrogen-bond acceptors (Lipinski definition) is 6. The van der Waals surface area contributed by atoms with Crippen molar-refractivity contribution < 1.29 is 14.3 Å². The number of nitrogens with one attached hydrogen (secondary N) is 2. The Labute approximate surface area is 177 Å². The number of rotatable bonds is 6. The number of carbonyl (C=O) groups excluding carboxylic acids is 2. The number of nitrogens with zero attached hydrogens (tertiary/aromatic N) is 2. The lowest BCUT2D eigenvalue weighted by molar-refractivity contribution is -0.123. The average molecular weight is 426 g/mol. The summed E-state index contributed by atoms with van der Waals surface area (Å²) in [5.74, 6) is -0.279. The highest BCUT2D eigenvalue weighted by Gasteiger charge is 2.33. The lowest BCUT2D eigenvalue weighted by atomic mass is 10.0. The molecule has 2 amide bonds. The zero-order valence-corrected chi connectivity index (χ0v) is 17.9. The maximum Gasteiger partial charge on any atom is 0.267 e. The minimum absolute atomic E-state index is 0.237. The monoisotopic (exact) mass is 426 g/mol. The standard InChI is InChI=1S/C21H22N4O4S/c1-13(26)22-14-7-9-17(29-4)16(12-14)23-20(28)21(2,3)25-19(27)10-8-15(24-25)18-6-5-11-30-18/h5-12H,1-4H3,(H,22,26)(H,23,28). The molecule has 0 aliphatic heterocycles. The molecule has 3 rings (SSSR count). The molecular weight excluding hydrogens is 404 g/mol. The highest BCUT2D eigenvalue weighted by molar-refractivity contribution is 7.13. The summed E-state index contributed by atoms with van der Waals surface area (Å²) in [4.78, 5) is 37.9. The Hall–Kier alpha value is -3.46.